The van der Waals surface area contributed by atoms with Crippen molar-refractivity contribution in [2.45, 2.75) is 37.2 Å². The third kappa shape index (κ3) is 4.90. The summed E-state index contributed by atoms with van der Waals surface area (Å²) < 4.78 is 34.1. The lowest BCUT2D eigenvalue weighted by molar-refractivity contribution is 0.209. The topological polar surface area (TPSA) is 151 Å². The Morgan fingerprint density at radius 1 is 1.25 bits per heavy atom. The van der Waals surface area contributed by atoms with Crippen LogP contribution in [-0.2, 0) is 16.6 Å². The number of aromatic hydroxyl groups is 2. The average Bonchev–Trinajstić information content (AvgIpc) is 3.14. The van der Waals surface area contributed by atoms with Crippen LogP contribution in [0.5, 0.6) is 17.2 Å². The minimum absolute atomic E-state index is 0.00841. The van der Waals surface area contributed by atoms with Crippen LogP contribution < -0.4 is 15.2 Å². The number of phenolic OH excluding ortho intramolecular Hbond substituents is 2. The molecule has 2 aromatic carbocycles. The van der Waals surface area contributed by atoms with E-state index in [0.29, 0.717) is 30.3 Å². The second kappa shape index (κ2) is 8.85. The number of hydrogen-bond donors (Lipinski definition) is 4. The zero-order chi connectivity index (χ0) is 22.9. The summed E-state index contributed by atoms with van der Waals surface area (Å²) in [6.07, 6.45) is 1.70. The molecule has 0 saturated carbocycles. The second-order valence-corrected chi connectivity index (χ2v) is 9.34. The molecule has 1 aliphatic rings. The molecule has 1 aliphatic heterocycles. The summed E-state index contributed by atoms with van der Waals surface area (Å²) in [6, 6.07) is 8.13. The Morgan fingerprint density at radius 3 is 2.69 bits per heavy atom. The van der Waals surface area contributed by atoms with E-state index in [1.807, 2.05) is 6.92 Å². The van der Waals surface area contributed by atoms with Crippen molar-refractivity contribution >= 4 is 27.1 Å². The molecule has 10 nitrogen and oxygen atoms in total. The van der Waals surface area contributed by atoms with Gasteiger partial charge in [0.05, 0.1) is 11.5 Å². The molecule has 4 rings (SSSR count). The third-order valence-corrected chi connectivity index (χ3v) is 6.33. The number of oxazole rings is 1. The number of fused-ring (bicyclic) bond motifs is 1. The van der Waals surface area contributed by atoms with Gasteiger partial charge in [0.25, 0.3) is 6.01 Å². The smallest absolute Gasteiger partial charge is 0.295 e. The Kier molecular flexibility index (Phi) is 6.13. The number of hydrogen-bond acceptors (Lipinski definition) is 9. The van der Waals surface area contributed by atoms with Gasteiger partial charge in [0.1, 0.15) is 5.52 Å². The lowest BCUT2D eigenvalue weighted by Crippen LogP contribution is -2.38. The Morgan fingerprint density at radius 2 is 2.00 bits per heavy atom. The van der Waals surface area contributed by atoms with E-state index in [0.717, 1.165) is 31.5 Å². The number of anilines is 1. The first kappa shape index (κ1) is 22.2. The second-order valence-electron chi connectivity index (χ2n) is 7.78. The fourth-order valence-electron chi connectivity index (χ4n) is 3.82. The molecule has 3 aromatic rings. The number of primary sulfonamides is 1. The van der Waals surface area contributed by atoms with E-state index in [9.17, 15) is 18.6 Å². The van der Waals surface area contributed by atoms with Crippen molar-refractivity contribution in [3.8, 4) is 17.2 Å². The number of piperidine rings is 1. The van der Waals surface area contributed by atoms with Crippen LogP contribution in [0.25, 0.3) is 11.1 Å². The molecule has 1 fully saturated rings. The molecule has 1 aromatic heterocycles. The number of likely N-dealkylation sites (tertiary alicyclic amines) is 1. The van der Waals surface area contributed by atoms with Crippen molar-refractivity contribution in [1.29, 1.82) is 0 Å². The van der Waals surface area contributed by atoms with E-state index in [1.165, 1.54) is 12.1 Å². The monoisotopic (exact) mass is 462 g/mol. The summed E-state index contributed by atoms with van der Waals surface area (Å²) in [4.78, 5) is 6.58. The number of phenols is 2. The summed E-state index contributed by atoms with van der Waals surface area (Å²) in [5.74, 6) is -0.155. The van der Waals surface area contributed by atoms with Crippen molar-refractivity contribution in [3.63, 3.8) is 0 Å². The summed E-state index contributed by atoms with van der Waals surface area (Å²) >= 11 is 0. The number of ether oxygens (including phenoxy) is 1. The maximum absolute atomic E-state index is 11.5. The van der Waals surface area contributed by atoms with Crippen LogP contribution in [-0.4, -0.2) is 54.3 Å². The number of benzene rings is 2. The van der Waals surface area contributed by atoms with Gasteiger partial charge in [0, 0.05) is 25.7 Å². The Hall–Kier alpha value is -3.02. The van der Waals surface area contributed by atoms with Crippen molar-refractivity contribution in [2.24, 2.45) is 5.14 Å². The minimum atomic E-state index is -3.80. The van der Waals surface area contributed by atoms with E-state index in [1.54, 1.807) is 18.2 Å². The van der Waals surface area contributed by atoms with Crippen LogP contribution in [0.1, 0.15) is 25.3 Å². The van der Waals surface area contributed by atoms with Crippen LogP contribution in [0.4, 0.5) is 6.01 Å². The SMILES string of the molecule is CCOc1cc(CN2CCC(Nc3nc4cc(S(N)(=O)=O)ccc4o3)CC2)cc(O)c1O. The van der Waals surface area contributed by atoms with E-state index >= 15 is 0 Å². The summed E-state index contributed by atoms with van der Waals surface area (Å²) in [7, 11) is -3.80. The zero-order valence-electron chi connectivity index (χ0n) is 17.6. The van der Waals surface area contributed by atoms with Crippen LogP contribution >= 0.6 is 0 Å². The number of sulfonamides is 1. The van der Waals surface area contributed by atoms with Crippen LogP contribution in [0.3, 0.4) is 0 Å². The Balaban J connectivity index is 1.36. The van der Waals surface area contributed by atoms with E-state index in [2.05, 4.69) is 15.2 Å². The van der Waals surface area contributed by atoms with Gasteiger partial charge in [0.2, 0.25) is 15.8 Å². The molecular formula is C21H26N4O6S. The Bertz CT molecular complexity index is 1220. The normalized spacial score (nSPS) is 15.8. The van der Waals surface area contributed by atoms with Crippen LogP contribution in [0.2, 0.25) is 0 Å². The lowest BCUT2D eigenvalue weighted by atomic mass is 10.0. The quantitative estimate of drug-likeness (QED) is 0.388. The Labute approximate surface area is 185 Å². The lowest BCUT2D eigenvalue weighted by Gasteiger charge is -2.32. The fourth-order valence-corrected chi connectivity index (χ4v) is 4.35. The van der Waals surface area contributed by atoms with E-state index in [-0.39, 0.29) is 28.2 Å². The largest absolute Gasteiger partial charge is 0.504 e. The van der Waals surface area contributed by atoms with Gasteiger partial charge in [-0.1, -0.05) is 0 Å². The van der Waals surface area contributed by atoms with Gasteiger partial charge in [-0.2, -0.15) is 4.98 Å². The number of aromatic nitrogens is 1. The average molecular weight is 463 g/mol. The zero-order valence-corrected chi connectivity index (χ0v) is 18.4. The minimum Gasteiger partial charge on any atom is -0.504 e. The highest BCUT2D eigenvalue weighted by molar-refractivity contribution is 7.89. The first-order chi connectivity index (χ1) is 15.2. The molecule has 0 spiro atoms. The van der Waals surface area contributed by atoms with Gasteiger partial charge in [-0.15, -0.1) is 0 Å². The maximum atomic E-state index is 11.5. The molecular weight excluding hydrogens is 436 g/mol. The third-order valence-electron chi connectivity index (χ3n) is 5.42. The highest BCUT2D eigenvalue weighted by atomic mass is 32.2. The number of rotatable bonds is 7. The van der Waals surface area contributed by atoms with Gasteiger partial charge in [-0.05, 0) is 55.7 Å². The van der Waals surface area contributed by atoms with E-state index in [4.69, 9.17) is 14.3 Å². The number of nitrogens with two attached hydrogens (primary N) is 1. The fraction of sp³-hybridized carbons (Fsp3) is 0.381. The van der Waals surface area contributed by atoms with Crippen LogP contribution in [0.15, 0.2) is 39.6 Å². The number of nitrogens with one attached hydrogen (secondary N) is 1. The maximum Gasteiger partial charge on any atom is 0.295 e. The molecule has 0 radical (unpaired) electrons. The standard InChI is InChI=1S/C21H26N4O6S/c1-2-30-19-10-13(9-17(26)20(19)27)12-25-7-5-14(6-8-25)23-21-24-16-11-15(32(22,28)29)3-4-18(16)31-21/h3-4,9-11,14,26-27H,2,5-8,12H2,1H3,(H,23,24)(H2,22,28,29). The van der Waals surface area contributed by atoms with Gasteiger partial charge < -0.3 is 24.7 Å². The van der Waals surface area contributed by atoms with Gasteiger partial charge >= 0.3 is 0 Å². The first-order valence-electron chi connectivity index (χ1n) is 10.3. The predicted octanol–water partition coefficient (Wildman–Crippen LogP) is 2.36. The van der Waals surface area contributed by atoms with E-state index < -0.39 is 10.0 Å². The summed E-state index contributed by atoms with van der Waals surface area (Å²) in [5.41, 5.74) is 1.77. The van der Waals surface area contributed by atoms with Crippen molar-refractivity contribution in [1.82, 2.24) is 9.88 Å². The molecule has 0 amide bonds. The molecule has 2 heterocycles. The molecule has 172 valence electrons. The number of nitrogens with zero attached hydrogens (tertiary/aromatic N) is 2. The van der Waals surface area contributed by atoms with Crippen molar-refractivity contribution < 1.29 is 27.8 Å². The molecule has 0 aliphatic carbocycles. The van der Waals surface area contributed by atoms with Crippen molar-refractivity contribution in [2.75, 3.05) is 25.0 Å². The highest BCUT2D eigenvalue weighted by Crippen LogP contribution is 2.37. The predicted molar refractivity (Wildman–Crippen MR) is 118 cm³/mol. The van der Waals surface area contributed by atoms with Crippen LogP contribution in [0, 0.1) is 0 Å². The van der Waals surface area contributed by atoms with Gasteiger partial charge in [-0.3, -0.25) is 4.90 Å². The summed E-state index contributed by atoms with van der Waals surface area (Å²) in [6.45, 7) is 4.47. The molecule has 0 atom stereocenters. The van der Waals surface area contributed by atoms with Gasteiger partial charge in [-0.25, -0.2) is 13.6 Å². The molecule has 11 heteroatoms. The first-order valence-corrected chi connectivity index (χ1v) is 11.9. The molecule has 1 saturated heterocycles. The summed E-state index contributed by atoms with van der Waals surface area (Å²) in [5, 5.41) is 28.3. The highest BCUT2D eigenvalue weighted by Gasteiger charge is 2.22. The molecule has 0 bridgehead atoms. The molecule has 0 unspecified atom stereocenters. The molecule has 32 heavy (non-hydrogen) atoms. The van der Waals surface area contributed by atoms with Crippen molar-refractivity contribution in [3.05, 3.63) is 35.9 Å². The van der Waals surface area contributed by atoms with Gasteiger partial charge in [0.15, 0.2) is 17.1 Å². The molecule has 5 N–H and O–H groups in total.